The van der Waals surface area contributed by atoms with E-state index in [0.717, 1.165) is 11.6 Å². The number of carbonyl (C=O) groups is 2. The van der Waals surface area contributed by atoms with E-state index in [2.05, 4.69) is 0 Å². The molecule has 0 saturated heterocycles. The van der Waals surface area contributed by atoms with Gasteiger partial charge in [0.1, 0.15) is 23.8 Å². The fraction of sp³-hybridized carbons (Fsp3) is 0.440. The maximum Gasteiger partial charge on any atom is 0.410 e. The van der Waals surface area contributed by atoms with Gasteiger partial charge in [0.2, 0.25) is 0 Å². The number of ether oxygens (including phenoxy) is 2. The molecule has 2 aromatic carbocycles. The molecule has 0 heterocycles. The van der Waals surface area contributed by atoms with Crippen molar-refractivity contribution >= 4 is 12.1 Å². The molecule has 5 nitrogen and oxygen atoms in total. The monoisotopic (exact) mass is 445 g/mol. The van der Waals surface area contributed by atoms with Gasteiger partial charge in [0.25, 0.3) is 0 Å². The number of benzene rings is 2. The van der Waals surface area contributed by atoms with Crippen LogP contribution in [0.25, 0.3) is 0 Å². The molecular weight excluding hydrogens is 416 g/mol. The van der Waals surface area contributed by atoms with Crippen molar-refractivity contribution in [2.45, 2.75) is 57.8 Å². The lowest BCUT2D eigenvalue weighted by Crippen LogP contribution is -2.39. The van der Waals surface area contributed by atoms with E-state index in [1.54, 1.807) is 27.8 Å². The molecule has 1 saturated carbocycles. The van der Waals surface area contributed by atoms with Gasteiger partial charge < -0.3 is 14.4 Å². The predicted molar refractivity (Wildman–Crippen MR) is 116 cm³/mol. The topological polar surface area (TPSA) is 55.8 Å². The Morgan fingerprint density at radius 3 is 2.38 bits per heavy atom. The lowest BCUT2D eigenvalue weighted by Gasteiger charge is -2.28. The van der Waals surface area contributed by atoms with Crippen LogP contribution in [-0.4, -0.2) is 35.7 Å². The summed E-state index contributed by atoms with van der Waals surface area (Å²) in [6.45, 7) is 5.41. The highest BCUT2D eigenvalue weighted by atomic mass is 19.1. The maximum atomic E-state index is 14.6. The Bertz CT molecular complexity index is 958. The van der Waals surface area contributed by atoms with E-state index in [0.29, 0.717) is 12.8 Å². The Hall–Kier alpha value is -2.96. The molecule has 1 aliphatic carbocycles. The zero-order chi connectivity index (χ0) is 23.5. The molecule has 0 aliphatic heterocycles. The highest BCUT2D eigenvalue weighted by Crippen LogP contribution is 2.43. The lowest BCUT2D eigenvalue weighted by atomic mass is 9.88. The van der Waals surface area contributed by atoms with Gasteiger partial charge in [-0.3, -0.25) is 4.79 Å². The van der Waals surface area contributed by atoms with Crippen LogP contribution in [-0.2, 0) is 20.9 Å². The summed E-state index contributed by atoms with van der Waals surface area (Å²) in [4.78, 5) is 27.0. The van der Waals surface area contributed by atoms with Crippen molar-refractivity contribution in [1.29, 1.82) is 0 Å². The van der Waals surface area contributed by atoms with Crippen LogP contribution in [0.3, 0.4) is 0 Å². The third-order valence-corrected chi connectivity index (χ3v) is 5.66. The molecule has 1 fully saturated rings. The van der Waals surface area contributed by atoms with Crippen LogP contribution in [0.5, 0.6) is 0 Å². The van der Waals surface area contributed by atoms with Crippen molar-refractivity contribution in [3.05, 3.63) is 71.3 Å². The van der Waals surface area contributed by atoms with E-state index >= 15 is 0 Å². The maximum absolute atomic E-state index is 14.6. The van der Waals surface area contributed by atoms with Crippen molar-refractivity contribution in [3.8, 4) is 0 Å². The van der Waals surface area contributed by atoms with Gasteiger partial charge in [-0.05, 0) is 50.8 Å². The van der Waals surface area contributed by atoms with Gasteiger partial charge in [-0.2, -0.15) is 0 Å². The van der Waals surface area contributed by atoms with E-state index in [1.165, 1.54) is 17.0 Å². The van der Waals surface area contributed by atoms with Crippen LogP contribution in [0.4, 0.5) is 13.6 Å². The van der Waals surface area contributed by atoms with E-state index in [-0.39, 0.29) is 18.2 Å². The minimum Gasteiger partial charge on any atom is -0.461 e. The summed E-state index contributed by atoms with van der Waals surface area (Å²) >= 11 is 0. The van der Waals surface area contributed by atoms with Crippen molar-refractivity contribution in [2.75, 3.05) is 7.05 Å². The molecule has 0 aromatic heterocycles. The summed E-state index contributed by atoms with van der Waals surface area (Å²) < 4.78 is 39.0. The van der Waals surface area contributed by atoms with Crippen molar-refractivity contribution in [3.63, 3.8) is 0 Å². The molecule has 32 heavy (non-hydrogen) atoms. The summed E-state index contributed by atoms with van der Waals surface area (Å²) in [7, 11) is 1.61. The molecule has 0 radical (unpaired) electrons. The largest absolute Gasteiger partial charge is 0.461 e. The van der Waals surface area contributed by atoms with Crippen molar-refractivity contribution < 1.29 is 27.8 Å². The lowest BCUT2D eigenvalue weighted by molar-refractivity contribution is -0.150. The number of esters is 1. The summed E-state index contributed by atoms with van der Waals surface area (Å²) in [5.74, 6) is -3.09. The zero-order valence-corrected chi connectivity index (χ0v) is 18.8. The number of hydrogen-bond donors (Lipinski definition) is 0. The molecule has 0 N–H and O–H groups in total. The first-order valence-corrected chi connectivity index (χ1v) is 10.7. The Morgan fingerprint density at radius 2 is 1.75 bits per heavy atom. The minimum absolute atomic E-state index is 0.0986. The average Bonchev–Trinajstić information content (AvgIpc) is 3.16. The Kier molecular flexibility index (Phi) is 7.16. The van der Waals surface area contributed by atoms with Crippen LogP contribution < -0.4 is 0 Å². The first kappa shape index (κ1) is 23.7. The van der Waals surface area contributed by atoms with E-state index in [1.807, 2.05) is 30.3 Å². The van der Waals surface area contributed by atoms with Crippen molar-refractivity contribution in [2.24, 2.45) is 5.92 Å². The predicted octanol–water partition coefficient (Wildman–Crippen LogP) is 5.44. The van der Waals surface area contributed by atoms with Gasteiger partial charge in [-0.15, -0.1) is 0 Å². The highest BCUT2D eigenvalue weighted by Gasteiger charge is 2.44. The number of hydrogen-bond acceptors (Lipinski definition) is 4. The second-order valence-corrected chi connectivity index (χ2v) is 9.19. The fourth-order valence-corrected chi connectivity index (χ4v) is 4.05. The summed E-state index contributed by atoms with van der Waals surface area (Å²) in [5.41, 5.74) is 0.416. The Labute approximate surface area is 187 Å². The molecule has 0 spiro atoms. The van der Waals surface area contributed by atoms with Crippen molar-refractivity contribution in [1.82, 2.24) is 4.90 Å². The highest BCUT2D eigenvalue weighted by molar-refractivity contribution is 5.75. The molecule has 0 bridgehead atoms. The van der Waals surface area contributed by atoms with Crippen LogP contribution in [0.15, 0.2) is 48.5 Å². The van der Waals surface area contributed by atoms with Gasteiger partial charge in [-0.1, -0.05) is 36.4 Å². The molecule has 0 unspecified atom stereocenters. The van der Waals surface area contributed by atoms with Crippen LogP contribution >= 0.6 is 0 Å². The van der Waals surface area contributed by atoms with Gasteiger partial charge in [0.15, 0.2) is 0 Å². The first-order valence-electron chi connectivity index (χ1n) is 10.7. The number of halogens is 2. The normalized spacial score (nSPS) is 20.6. The Balaban J connectivity index is 1.80. The second kappa shape index (κ2) is 9.67. The van der Waals surface area contributed by atoms with Crippen LogP contribution in [0, 0.1) is 17.6 Å². The minimum atomic E-state index is -0.712. The second-order valence-electron chi connectivity index (χ2n) is 9.19. The summed E-state index contributed by atoms with van der Waals surface area (Å²) in [6.07, 6.45) is 0.118. The molecule has 1 aliphatic rings. The summed E-state index contributed by atoms with van der Waals surface area (Å²) in [5, 5.41) is 0. The molecule has 3 rings (SSSR count). The van der Waals surface area contributed by atoms with E-state index in [4.69, 9.17) is 9.47 Å². The molecule has 7 heteroatoms. The van der Waals surface area contributed by atoms with Gasteiger partial charge >= 0.3 is 12.1 Å². The van der Waals surface area contributed by atoms with Gasteiger partial charge in [0.05, 0.1) is 5.92 Å². The Morgan fingerprint density at radius 1 is 1.06 bits per heavy atom. The SMILES string of the molecule is CN(C(=O)OC(C)(C)C)[C@H]1C[C@@H](C(=O)OCc2ccccc2)[C@H](c2ccc(F)cc2F)C1. The molecule has 2 aromatic rings. The van der Waals surface area contributed by atoms with Gasteiger partial charge in [-0.25, -0.2) is 13.6 Å². The number of carbonyl (C=O) groups excluding carboxylic acids is 2. The number of rotatable bonds is 5. The standard InChI is InChI=1S/C25H29F2NO4/c1-25(2,3)32-24(30)28(4)18-13-20(19-11-10-17(26)12-22(19)27)21(14-18)23(29)31-15-16-8-6-5-7-9-16/h5-12,18,20-21H,13-15H2,1-4H3/t18-,20+,21-/m1/s1. The quantitative estimate of drug-likeness (QED) is 0.576. The third-order valence-electron chi connectivity index (χ3n) is 5.66. The number of amides is 1. The first-order chi connectivity index (χ1) is 15.0. The molecule has 172 valence electrons. The van der Waals surface area contributed by atoms with Gasteiger partial charge in [0, 0.05) is 25.1 Å². The molecular formula is C25H29F2NO4. The van der Waals surface area contributed by atoms with E-state index in [9.17, 15) is 18.4 Å². The number of nitrogens with zero attached hydrogens (tertiary/aromatic N) is 1. The zero-order valence-electron chi connectivity index (χ0n) is 18.8. The smallest absolute Gasteiger partial charge is 0.410 e. The van der Waals surface area contributed by atoms with Crippen LogP contribution in [0.1, 0.15) is 50.7 Å². The average molecular weight is 446 g/mol. The molecule has 3 atom stereocenters. The summed E-state index contributed by atoms with van der Waals surface area (Å²) in [6, 6.07) is 12.3. The van der Waals surface area contributed by atoms with E-state index < -0.39 is 41.1 Å². The van der Waals surface area contributed by atoms with Crippen LogP contribution in [0.2, 0.25) is 0 Å². The fourth-order valence-electron chi connectivity index (χ4n) is 4.05. The molecule has 1 amide bonds. The third kappa shape index (κ3) is 5.84.